The minimum Gasteiger partial charge on any atom is -0.493 e. The molecule has 1 rings (SSSR count). The van der Waals surface area contributed by atoms with Gasteiger partial charge in [0.05, 0.1) is 13.7 Å². The van der Waals surface area contributed by atoms with Gasteiger partial charge in [-0.15, -0.1) is 0 Å². The zero-order valence-corrected chi connectivity index (χ0v) is 13.1. The van der Waals surface area contributed by atoms with Crippen molar-refractivity contribution in [1.82, 2.24) is 0 Å². The maximum atomic E-state index is 5.52. The van der Waals surface area contributed by atoms with E-state index in [-0.39, 0.29) is 0 Å². The summed E-state index contributed by atoms with van der Waals surface area (Å²) < 4.78 is 10.7. The molecule has 0 aliphatic heterocycles. The van der Waals surface area contributed by atoms with Crippen molar-refractivity contribution in [2.24, 2.45) is 0 Å². The first-order valence-electron chi connectivity index (χ1n) is 6.52. The van der Waals surface area contributed by atoms with Gasteiger partial charge in [-0.25, -0.2) is 0 Å². The van der Waals surface area contributed by atoms with Crippen molar-refractivity contribution in [2.45, 2.75) is 33.6 Å². The smallest absolute Gasteiger partial charge is 0.161 e. The van der Waals surface area contributed by atoms with Crippen LogP contribution in [0.2, 0.25) is 0 Å². The number of aryl methyl sites for hydroxylation is 1. The molecular formula is C15H26O2S. The SMILES string of the molecule is CCC.CCOc1cc(CCSC)ccc1OC. The third-order valence-electron chi connectivity index (χ3n) is 2.12. The summed E-state index contributed by atoms with van der Waals surface area (Å²) in [5.41, 5.74) is 1.30. The molecule has 0 aliphatic carbocycles. The zero-order valence-electron chi connectivity index (χ0n) is 12.3. The van der Waals surface area contributed by atoms with Gasteiger partial charge in [-0.2, -0.15) is 11.8 Å². The zero-order chi connectivity index (χ0) is 13.8. The third kappa shape index (κ3) is 6.80. The Bertz CT molecular complexity index is 313. The van der Waals surface area contributed by atoms with Gasteiger partial charge in [-0.3, -0.25) is 0 Å². The Kier molecular flexibility index (Phi) is 10.8. The summed E-state index contributed by atoms with van der Waals surface area (Å²) in [5.74, 6) is 2.79. The minimum absolute atomic E-state index is 0.669. The van der Waals surface area contributed by atoms with Gasteiger partial charge in [0.2, 0.25) is 0 Å². The molecule has 0 bridgehead atoms. The van der Waals surface area contributed by atoms with Crippen LogP contribution in [0.5, 0.6) is 11.5 Å². The molecular weight excluding hydrogens is 244 g/mol. The molecule has 0 spiro atoms. The monoisotopic (exact) mass is 270 g/mol. The molecule has 104 valence electrons. The van der Waals surface area contributed by atoms with E-state index in [2.05, 4.69) is 32.2 Å². The molecule has 1 aromatic rings. The lowest BCUT2D eigenvalue weighted by atomic mass is 10.1. The Labute approximate surface area is 116 Å². The second-order valence-corrected chi connectivity index (χ2v) is 4.85. The van der Waals surface area contributed by atoms with E-state index in [0.29, 0.717) is 6.61 Å². The second kappa shape index (κ2) is 11.3. The first kappa shape index (κ1) is 17.2. The van der Waals surface area contributed by atoms with Crippen LogP contribution in [0.3, 0.4) is 0 Å². The molecule has 18 heavy (non-hydrogen) atoms. The number of rotatable bonds is 6. The molecule has 0 aliphatic rings. The average Bonchev–Trinajstić information content (AvgIpc) is 2.38. The maximum Gasteiger partial charge on any atom is 0.161 e. The number of thioether (sulfide) groups is 1. The number of ether oxygens (including phenoxy) is 2. The van der Waals surface area contributed by atoms with E-state index in [1.165, 1.54) is 12.0 Å². The van der Waals surface area contributed by atoms with E-state index >= 15 is 0 Å². The summed E-state index contributed by atoms with van der Waals surface area (Å²) in [7, 11) is 1.67. The standard InChI is InChI=1S/C12H18O2S.C3H8/c1-4-14-12-9-10(7-8-15-3)5-6-11(12)13-2;1-3-2/h5-6,9H,4,7-8H2,1-3H3;3H2,1-2H3. The molecule has 0 amide bonds. The Morgan fingerprint density at radius 1 is 1.11 bits per heavy atom. The molecule has 0 saturated carbocycles. The summed E-state index contributed by atoms with van der Waals surface area (Å²) in [6, 6.07) is 6.14. The lowest BCUT2D eigenvalue weighted by Crippen LogP contribution is -1.97. The highest BCUT2D eigenvalue weighted by atomic mass is 32.2. The van der Waals surface area contributed by atoms with Crippen molar-refractivity contribution in [1.29, 1.82) is 0 Å². The van der Waals surface area contributed by atoms with Gasteiger partial charge in [0.25, 0.3) is 0 Å². The summed E-state index contributed by atoms with van der Waals surface area (Å²) >= 11 is 1.85. The van der Waals surface area contributed by atoms with Crippen LogP contribution in [0.4, 0.5) is 0 Å². The van der Waals surface area contributed by atoms with E-state index in [1.807, 2.05) is 24.8 Å². The van der Waals surface area contributed by atoms with Crippen LogP contribution in [-0.2, 0) is 6.42 Å². The molecule has 0 saturated heterocycles. The normalized spacial score (nSPS) is 9.39. The summed E-state index contributed by atoms with van der Waals surface area (Å²) in [4.78, 5) is 0. The van der Waals surface area contributed by atoms with Crippen LogP contribution < -0.4 is 9.47 Å². The highest BCUT2D eigenvalue weighted by Gasteiger charge is 2.04. The van der Waals surface area contributed by atoms with Crippen molar-refractivity contribution < 1.29 is 9.47 Å². The van der Waals surface area contributed by atoms with E-state index < -0.39 is 0 Å². The van der Waals surface area contributed by atoms with Gasteiger partial charge < -0.3 is 9.47 Å². The minimum atomic E-state index is 0.669. The summed E-state index contributed by atoms with van der Waals surface area (Å²) in [5, 5.41) is 0. The van der Waals surface area contributed by atoms with Gasteiger partial charge in [-0.1, -0.05) is 26.3 Å². The summed E-state index contributed by atoms with van der Waals surface area (Å²) in [6.07, 6.45) is 4.44. The summed E-state index contributed by atoms with van der Waals surface area (Å²) in [6.45, 7) is 6.90. The van der Waals surface area contributed by atoms with Gasteiger partial charge in [-0.05, 0) is 43.0 Å². The van der Waals surface area contributed by atoms with Crippen LogP contribution in [0.15, 0.2) is 18.2 Å². The Morgan fingerprint density at radius 3 is 2.28 bits per heavy atom. The van der Waals surface area contributed by atoms with Gasteiger partial charge in [0.15, 0.2) is 11.5 Å². The van der Waals surface area contributed by atoms with Crippen LogP contribution in [-0.4, -0.2) is 25.7 Å². The van der Waals surface area contributed by atoms with Crippen molar-refractivity contribution in [2.75, 3.05) is 25.7 Å². The largest absolute Gasteiger partial charge is 0.493 e. The fourth-order valence-electron chi connectivity index (χ4n) is 1.36. The van der Waals surface area contributed by atoms with E-state index in [4.69, 9.17) is 9.47 Å². The molecule has 0 radical (unpaired) electrons. The average molecular weight is 270 g/mol. The maximum absolute atomic E-state index is 5.52. The van der Waals surface area contributed by atoms with Crippen molar-refractivity contribution in [3.63, 3.8) is 0 Å². The quantitative estimate of drug-likeness (QED) is 0.762. The third-order valence-corrected chi connectivity index (χ3v) is 2.74. The number of hydrogen-bond donors (Lipinski definition) is 0. The Morgan fingerprint density at radius 2 is 1.78 bits per heavy atom. The van der Waals surface area contributed by atoms with Crippen LogP contribution in [0, 0.1) is 0 Å². The predicted octanol–water partition coefficient (Wildman–Crippen LogP) is 4.42. The topological polar surface area (TPSA) is 18.5 Å². The lowest BCUT2D eigenvalue weighted by Gasteiger charge is -2.10. The van der Waals surface area contributed by atoms with Gasteiger partial charge >= 0.3 is 0 Å². The fraction of sp³-hybridized carbons (Fsp3) is 0.600. The van der Waals surface area contributed by atoms with Gasteiger partial charge in [0.1, 0.15) is 0 Å². The van der Waals surface area contributed by atoms with Crippen molar-refractivity contribution in [3.05, 3.63) is 23.8 Å². The van der Waals surface area contributed by atoms with E-state index in [1.54, 1.807) is 7.11 Å². The van der Waals surface area contributed by atoms with E-state index in [0.717, 1.165) is 23.7 Å². The molecule has 0 N–H and O–H groups in total. The predicted molar refractivity (Wildman–Crippen MR) is 82.2 cm³/mol. The molecule has 0 fully saturated rings. The molecule has 0 unspecified atom stereocenters. The van der Waals surface area contributed by atoms with E-state index in [9.17, 15) is 0 Å². The molecule has 1 aromatic carbocycles. The molecule has 2 nitrogen and oxygen atoms in total. The fourth-order valence-corrected chi connectivity index (χ4v) is 1.80. The first-order valence-corrected chi connectivity index (χ1v) is 7.91. The highest BCUT2D eigenvalue weighted by Crippen LogP contribution is 2.28. The first-order chi connectivity index (χ1) is 8.73. The number of methoxy groups -OCH3 is 1. The molecule has 3 heteroatoms. The van der Waals surface area contributed by atoms with Crippen molar-refractivity contribution >= 4 is 11.8 Å². The van der Waals surface area contributed by atoms with Gasteiger partial charge in [0, 0.05) is 0 Å². The molecule has 0 heterocycles. The lowest BCUT2D eigenvalue weighted by molar-refractivity contribution is 0.310. The van der Waals surface area contributed by atoms with Crippen LogP contribution >= 0.6 is 11.8 Å². The molecule has 0 atom stereocenters. The Balaban J connectivity index is 0.000000873. The van der Waals surface area contributed by atoms with Crippen LogP contribution in [0.25, 0.3) is 0 Å². The van der Waals surface area contributed by atoms with Crippen LogP contribution in [0.1, 0.15) is 32.8 Å². The highest BCUT2D eigenvalue weighted by molar-refractivity contribution is 7.98. The second-order valence-electron chi connectivity index (χ2n) is 3.87. The molecule has 0 aromatic heterocycles. The number of hydrogen-bond acceptors (Lipinski definition) is 3. The number of benzene rings is 1. The van der Waals surface area contributed by atoms with Crippen molar-refractivity contribution in [3.8, 4) is 11.5 Å². The Hall–Kier alpha value is -0.830.